The number of benzene rings is 2. The van der Waals surface area contributed by atoms with Crippen LogP contribution in [0.15, 0.2) is 41.3 Å². The molecular weight excluding hydrogens is 358 g/mol. The average Bonchev–Trinajstić information content (AvgIpc) is 2.57. The second-order valence-electron chi connectivity index (χ2n) is 5.09. The van der Waals surface area contributed by atoms with Crippen molar-refractivity contribution >= 4 is 17.7 Å². The van der Waals surface area contributed by atoms with Crippen LogP contribution in [0.3, 0.4) is 0 Å². The number of carbonyl (C=O) groups excluding carboxylic acids is 1. The van der Waals surface area contributed by atoms with Gasteiger partial charge in [-0.05, 0) is 48.2 Å². The zero-order valence-electron chi connectivity index (χ0n) is 13.4. The highest BCUT2D eigenvalue weighted by atomic mass is 32.2. The molecule has 2 aromatic rings. The highest BCUT2D eigenvalue weighted by molar-refractivity contribution is 7.98. The summed E-state index contributed by atoms with van der Waals surface area (Å²) in [5.41, 5.74) is -0.841. The van der Waals surface area contributed by atoms with Crippen molar-refractivity contribution in [3.8, 4) is 5.75 Å². The summed E-state index contributed by atoms with van der Waals surface area (Å²) in [4.78, 5) is 13.1. The van der Waals surface area contributed by atoms with Gasteiger partial charge in [-0.3, -0.25) is 4.79 Å². The van der Waals surface area contributed by atoms with Gasteiger partial charge in [-0.15, -0.1) is 11.8 Å². The summed E-state index contributed by atoms with van der Waals surface area (Å²) in [7, 11) is 1.42. The molecule has 0 aromatic heterocycles. The molecule has 0 fully saturated rings. The van der Waals surface area contributed by atoms with E-state index in [0.717, 1.165) is 17.0 Å². The van der Waals surface area contributed by atoms with Crippen LogP contribution in [0, 0.1) is 5.82 Å². The van der Waals surface area contributed by atoms with E-state index in [0.29, 0.717) is 11.8 Å². The molecule has 134 valence electrons. The Hall–Kier alpha value is -2.22. The largest absolute Gasteiger partial charge is 0.496 e. The summed E-state index contributed by atoms with van der Waals surface area (Å²) in [5, 5.41) is 2.47. The van der Waals surface area contributed by atoms with Crippen molar-refractivity contribution in [3.63, 3.8) is 0 Å². The zero-order chi connectivity index (χ0) is 18.6. The fourth-order valence-electron chi connectivity index (χ4n) is 2.18. The molecule has 0 saturated carbocycles. The number of halogens is 4. The Morgan fingerprint density at radius 3 is 2.52 bits per heavy atom. The predicted octanol–water partition coefficient (Wildman–Crippen LogP) is 4.51. The van der Waals surface area contributed by atoms with E-state index in [1.165, 1.54) is 18.9 Å². The Morgan fingerprint density at radius 1 is 1.20 bits per heavy atom. The van der Waals surface area contributed by atoms with Crippen molar-refractivity contribution in [1.29, 1.82) is 0 Å². The van der Waals surface area contributed by atoms with Gasteiger partial charge in [-0.2, -0.15) is 13.2 Å². The van der Waals surface area contributed by atoms with Crippen LogP contribution >= 0.6 is 11.8 Å². The predicted molar refractivity (Wildman–Crippen MR) is 87.3 cm³/mol. The van der Waals surface area contributed by atoms with Gasteiger partial charge < -0.3 is 10.1 Å². The van der Waals surface area contributed by atoms with E-state index in [1.807, 2.05) is 6.26 Å². The van der Waals surface area contributed by atoms with E-state index in [1.54, 1.807) is 18.2 Å². The number of methoxy groups -OCH3 is 1. The highest BCUT2D eigenvalue weighted by Crippen LogP contribution is 2.30. The lowest BCUT2D eigenvalue weighted by Gasteiger charge is -2.12. The van der Waals surface area contributed by atoms with Crippen LogP contribution in [0.4, 0.5) is 17.6 Å². The zero-order valence-corrected chi connectivity index (χ0v) is 14.2. The highest BCUT2D eigenvalue weighted by Gasteiger charge is 2.31. The van der Waals surface area contributed by atoms with Gasteiger partial charge in [-0.25, -0.2) is 4.39 Å². The first kappa shape index (κ1) is 19.1. The van der Waals surface area contributed by atoms with Crippen molar-refractivity contribution in [2.45, 2.75) is 17.6 Å². The first-order valence-electron chi connectivity index (χ1n) is 7.11. The van der Waals surface area contributed by atoms with Crippen molar-refractivity contribution in [2.24, 2.45) is 0 Å². The lowest BCUT2D eigenvalue weighted by atomic mass is 10.1. The van der Waals surface area contributed by atoms with Gasteiger partial charge >= 0.3 is 6.18 Å². The Balaban J connectivity index is 2.17. The monoisotopic (exact) mass is 373 g/mol. The Labute approximate surface area is 146 Å². The molecule has 2 rings (SSSR count). The normalized spacial score (nSPS) is 11.3. The molecular formula is C17H15F4NO2S. The molecule has 0 atom stereocenters. The number of hydrogen-bond acceptors (Lipinski definition) is 3. The molecule has 3 nitrogen and oxygen atoms in total. The third-order valence-electron chi connectivity index (χ3n) is 3.39. The van der Waals surface area contributed by atoms with Crippen LogP contribution in [0.1, 0.15) is 21.5 Å². The van der Waals surface area contributed by atoms with Crippen LogP contribution in [-0.4, -0.2) is 19.3 Å². The maximum atomic E-state index is 13.4. The van der Waals surface area contributed by atoms with E-state index in [-0.39, 0.29) is 17.7 Å². The maximum Gasteiger partial charge on any atom is 0.416 e. The first-order valence-corrected chi connectivity index (χ1v) is 8.34. The average molecular weight is 373 g/mol. The van der Waals surface area contributed by atoms with Gasteiger partial charge in [0.2, 0.25) is 0 Å². The molecule has 0 aliphatic rings. The molecule has 0 spiro atoms. The maximum absolute atomic E-state index is 13.4. The summed E-state index contributed by atoms with van der Waals surface area (Å²) >= 11 is 1.47. The third kappa shape index (κ3) is 4.88. The minimum Gasteiger partial charge on any atom is -0.496 e. The Morgan fingerprint density at radius 2 is 1.92 bits per heavy atom. The molecule has 2 aromatic carbocycles. The lowest BCUT2D eigenvalue weighted by Crippen LogP contribution is -2.23. The second kappa shape index (κ2) is 7.77. The number of alkyl halides is 3. The molecule has 0 heterocycles. The fourth-order valence-corrected chi connectivity index (χ4v) is 2.61. The van der Waals surface area contributed by atoms with E-state index in [9.17, 15) is 22.4 Å². The van der Waals surface area contributed by atoms with Crippen LogP contribution in [0.5, 0.6) is 5.75 Å². The number of nitrogens with one attached hydrogen (secondary N) is 1. The molecule has 1 N–H and O–H groups in total. The lowest BCUT2D eigenvalue weighted by molar-refractivity contribution is -0.137. The van der Waals surface area contributed by atoms with Gasteiger partial charge in [-0.1, -0.05) is 0 Å². The second-order valence-corrected chi connectivity index (χ2v) is 5.97. The van der Waals surface area contributed by atoms with Crippen molar-refractivity contribution < 1.29 is 27.1 Å². The minimum absolute atomic E-state index is 0.0142. The van der Waals surface area contributed by atoms with Gasteiger partial charge in [0.15, 0.2) is 0 Å². The van der Waals surface area contributed by atoms with Gasteiger partial charge in [0.05, 0.1) is 18.2 Å². The standard InChI is InChI=1S/C17H15F4NO2S/c1-24-15-8-13(25-2)3-4-14(15)16(23)22-9-10-5-11(17(19,20)21)7-12(18)6-10/h3-8H,9H2,1-2H3,(H,22,23). The molecule has 0 bridgehead atoms. The Kier molecular flexibility index (Phi) is 5.94. The number of ether oxygens (including phenoxy) is 1. The number of thioether (sulfide) groups is 1. The molecule has 0 aliphatic carbocycles. The third-order valence-corrected chi connectivity index (χ3v) is 4.12. The van der Waals surface area contributed by atoms with Crippen molar-refractivity contribution in [1.82, 2.24) is 5.32 Å². The molecule has 0 aliphatic heterocycles. The number of carbonyl (C=O) groups is 1. The molecule has 0 unspecified atom stereocenters. The van der Waals surface area contributed by atoms with Gasteiger partial charge in [0.25, 0.3) is 5.91 Å². The summed E-state index contributed by atoms with van der Waals surface area (Å²) in [6.45, 7) is -0.243. The molecule has 25 heavy (non-hydrogen) atoms. The van der Waals surface area contributed by atoms with Crippen molar-refractivity contribution in [3.05, 3.63) is 58.9 Å². The molecule has 1 amide bonds. The smallest absolute Gasteiger partial charge is 0.416 e. The van der Waals surface area contributed by atoms with Crippen LogP contribution < -0.4 is 10.1 Å². The summed E-state index contributed by atoms with van der Waals surface area (Å²) < 4.78 is 56.7. The quantitative estimate of drug-likeness (QED) is 0.619. The van der Waals surface area contributed by atoms with E-state index in [4.69, 9.17) is 4.74 Å². The SMILES string of the molecule is COc1cc(SC)ccc1C(=O)NCc1cc(F)cc(C(F)(F)F)c1. The van der Waals surface area contributed by atoms with E-state index in [2.05, 4.69) is 5.32 Å². The van der Waals surface area contributed by atoms with Crippen LogP contribution in [-0.2, 0) is 12.7 Å². The van der Waals surface area contributed by atoms with Crippen LogP contribution in [0.2, 0.25) is 0 Å². The summed E-state index contributed by atoms with van der Waals surface area (Å²) in [6, 6.07) is 7.14. The van der Waals surface area contributed by atoms with E-state index < -0.39 is 23.5 Å². The number of rotatable bonds is 5. The van der Waals surface area contributed by atoms with Crippen molar-refractivity contribution in [2.75, 3.05) is 13.4 Å². The number of amides is 1. The molecule has 8 heteroatoms. The fraction of sp³-hybridized carbons (Fsp3) is 0.235. The summed E-state index contributed by atoms with van der Waals surface area (Å²) in [5.74, 6) is -1.19. The topological polar surface area (TPSA) is 38.3 Å². The van der Waals surface area contributed by atoms with Gasteiger partial charge in [0, 0.05) is 11.4 Å². The molecule has 0 saturated heterocycles. The first-order chi connectivity index (χ1) is 11.7. The summed E-state index contributed by atoms with van der Waals surface area (Å²) in [6.07, 6.45) is -2.78. The minimum atomic E-state index is -4.66. The number of hydrogen-bond donors (Lipinski definition) is 1. The Bertz CT molecular complexity index is 778. The van der Waals surface area contributed by atoms with E-state index >= 15 is 0 Å². The van der Waals surface area contributed by atoms with Gasteiger partial charge in [0.1, 0.15) is 11.6 Å². The molecule has 0 radical (unpaired) electrons. The van der Waals surface area contributed by atoms with Crippen LogP contribution in [0.25, 0.3) is 0 Å².